The molecule has 0 unspecified atom stereocenters. The Morgan fingerprint density at radius 3 is 2.50 bits per heavy atom. The number of unbranched alkanes of at least 4 members (excludes halogenated alkanes) is 1. The van der Waals surface area contributed by atoms with Gasteiger partial charge in [0.2, 0.25) is 0 Å². The summed E-state index contributed by atoms with van der Waals surface area (Å²) >= 11 is 0. The average molecular weight is 428 g/mol. The lowest BCUT2D eigenvalue weighted by Crippen LogP contribution is -2.18. The van der Waals surface area contributed by atoms with Crippen molar-refractivity contribution in [2.45, 2.75) is 57.7 Å². The Labute approximate surface area is 177 Å². The number of nitrogens with zero attached hydrogens (tertiary/aromatic N) is 3. The van der Waals surface area contributed by atoms with Crippen LogP contribution in [-0.4, -0.2) is 28.8 Å². The molecule has 0 saturated heterocycles. The summed E-state index contributed by atoms with van der Waals surface area (Å²) in [5.41, 5.74) is 4.98. The summed E-state index contributed by atoms with van der Waals surface area (Å²) < 4.78 is 28.2. The van der Waals surface area contributed by atoms with Crippen LogP contribution in [-0.2, 0) is 29.2 Å². The fourth-order valence-corrected chi connectivity index (χ4v) is 4.90. The van der Waals surface area contributed by atoms with Gasteiger partial charge in [-0.15, -0.1) is 0 Å². The smallest absolute Gasteiger partial charge is 0.253 e. The van der Waals surface area contributed by atoms with Crippen molar-refractivity contribution in [1.82, 2.24) is 14.1 Å². The maximum absolute atomic E-state index is 12.2. The Hall–Kier alpha value is -2.41. The summed E-state index contributed by atoms with van der Waals surface area (Å²) in [5, 5.41) is 0. The van der Waals surface area contributed by atoms with Crippen molar-refractivity contribution in [2.75, 3.05) is 6.26 Å². The van der Waals surface area contributed by atoms with Crippen LogP contribution in [0.1, 0.15) is 55.5 Å². The molecule has 1 aromatic carbocycles. The van der Waals surface area contributed by atoms with Crippen molar-refractivity contribution in [3.8, 4) is 11.1 Å². The van der Waals surface area contributed by atoms with Crippen LogP contribution >= 0.6 is 0 Å². The molecule has 3 aromatic rings. The lowest BCUT2D eigenvalue weighted by atomic mass is 10.0. The molecule has 4 rings (SSSR count). The number of pyridine rings is 1. The van der Waals surface area contributed by atoms with Crippen LogP contribution in [0.15, 0.2) is 29.2 Å². The quantitative estimate of drug-likeness (QED) is 0.573. The minimum atomic E-state index is -3.22. The second-order valence-corrected chi connectivity index (χ2v) is 10.8. The van der Waals surface area contributed by atoms with Gasteiger partial charge in [-0.25, -0.2) is 13.4 Å². The molecular formula is C23H29N3O3S. The first kappa shape index (κ1) is 20.8. The zero-order valence-electron chi connectivity index (χ0n) is 18.1. The number of aromatic nitrogens is 3. The number of rotatable bonds is 7. The predicted molar refractivity (Wildman–Crippen MR) is 121 cm³/mol. The third-order valence-electron chi connectivity index (χ3n) is 5.75. The SMILES string of the molecule is CCCCn1c(C2CC2)nc2c(CS(C)(=O)=O)cc(-c3cc(C)c(=O)n(C)c3)cc21. The Balaban J connectivity index is 1.98. The van der Waals surface area contributed by atoms with E-state index in [1.165, 1.54) is 6.26 Å². The summed E-state index contributed by atoms with van der Waals surface area (Å²) in [4.78, 5) is 17.1. The number of hydrogen-bond donors (Lipinski definition) is 0. The molecule has 2 heterocycles. The lowest BCUT2D eigenvalue weighted by molar-refractivity contribution is 0.601. The summed E-state index contributed by atoms with van der Waals surface area (Å²) in [6.45, 7) is 4.86. The number of fused-ring (bicyclic) bond motifs is 1. The van der Waals surface area contributed by atoms with E-state index in [0.29, 0.717) is 11.5 Å². The Kier molecular flexibility index (Phi) is 5.34. The molecule has 1 aliphatic carbocycles. The van der Waals surface area contributed by atoms with Crippen LogP contribution in [0.2, 0.25) is 0 Å². The fraction of sp³-hybridized carbons (Fsp3) is 0.478. The van der Waals surface area contributed by atoms with Gasteiger partial charge in [0.25, 0.3) is 5.56 Å². The van der Waals surface area contributed by atoms with Gasteiger partial charge in [0.05, 0.1) is 16.8 Å². The van der Waals surface area contributed by atoms with Crippen LogP contribution in [0.5, 0.6) is 0 Å². The van der Waals surface area contributed by atoms with Crippen LogP contribution in [0, 0.1) is 6.92 Å². The zero-order valence-corrected chi connectivity index (χ0v) is 18.9. The first-order valence-electron chi connectivity index (χ1n) is 10.6. The van der Waals surface area contributed by atoms with Gasteiger partial charge in [-0.1, -0.05) is 13.3 Å². The lowest BCUT2D eigenvalue weighted by Gasteiger charge is -2.12. The van der Waals surface area contributed by atoms with Gasteiger partial charge in [-0.3, -0.25) is 4.79 Å². The van der Waals surface area contributed by atoms with Gasteiger partial charge in [0.1, 0.15) is 5.82 Å². The van der Waals surface area contributed by atoms with Crippen molar-refractivity contribution in [1.29, 1.82) is 0 Å². The fourth-order valence-electron chi connectivity index (χ4n) is 4.11. The van der Waals surface area contributed by atoms with E-state index in [1.807, 2.05) is 18.3 Å². The molecule has 0 amide bonds. The van der Waals surface area contributed by atoms with E-state index in [4.69, 9.17) is 4.98 Å². The topological polar surface area (TPSA) is 74.0 Å². The molecule has 0 N–H and O–H groups in total. The minimum Gasteiger partial charge on any atom is -0.328 e. The number of hydrogen-bond acceptors (Lipinski definition) is 4. The van der Waals surface area contributed by atoms with E-state index in [-0.39, 0.29) is 11.3 Å². The highest BCUT2D eigenvalue weighted by molar-refractivity contribution is 7.89. The number of imidazole rings is 1. The Bertz CT molecular complexity index is 1250. The molecule has 7 heteroatoms. The molecule has 1 saturated carbocycles. The van der Waals surface area contributed by atoms with Crippen LogP contribution in [0.25, 0.3) is 22.2 Å². The molecular weight excluding hydrogens is 398 g/mol. The molecule has 160 valence electrons. The third kappa shape index (κ3) is 4.08. The Morgan fingerprint density at radius 2 is 1.90 bits per heavy atom. The highest BCUT2D eigenvalue weighted by atomic mass is 32.2. The zero-order chi connectivity index (χ0) is 21.6. The molecule has 0 bridgehead atoms. The van der Waals surface area contributed by atoms with Gasteiger partial charge in [-0.05, 0) is 61.1 Å². The Morgan fingerprint density at radius 1 is 1.17 bits per heavy atom. The largest absolute Gasteiger partial charge is 0.328 e. The molecule has 6 nitrogen and oxygen atoms in total. The summed E-state index contributed by atoms with van der Waals surface area (Å²) in [6.07, 6.45) is 7.50. The maximum Gasteiger partial charge on any atom is 0.253 e. The van der Waals surface area contributed by atoms with Crippen molar-refractivity contribution >= 4 is 20.9 Å². The van der Waals surface area contributed by atoms with Crippen LogP contribution < -0.4 is 5.56 Å². The molecule has 0 radical (unpaired) electrons. The van der Waals surface area contributed by atoms with E-state index in [9.17, 15) is 13.2 Å². The van der Waals surface area contributed by atoms with Crippen LogP contribution in [0.3, 0.4) is 0 Å². The van der Waals surface area contributed by atoms with E-state index >= 15 is 0 Å². The summed E-state index contributed by atoms with van der Waals surface area (Å²) in [7, 11) is -1.48. The van der Waals surface area contributed by atoms with Gasteiger partial charge in [0, 0.05) is 37.5 Å². The van der Waals surface area contributed by atoms with Crippen molar-refractivity contribution in [2.24, 2.45) is 7.05 Å². The van der Waals surface area contributed by atoms with Crippen LogP contribution in [0.4, 0.5) is 0 Å². The van der Waals surface area contributed by atoms with Gasteiger partial charge in [-0.2, -0.15) is 0 Å². The van der Waals surface area contributed by atoms with E-state index < -0.39 is 9.84 Å². The second kappa shape index (κ2) is 7.69. The van der Waals surface area contributed by atoms with Gasteiger partial charge < -0.3 is 9.13 Å². The van der Waals surface area contributed by atoms with E-state index in [2.05, 4.69) is 17.6 Å². The second-order valence-electron chi connectivity index (χ2n) is 8.65. The van der Waals surface area contributed by atoms with Crippen molar-refractivity contribution < 1.29 is 8.42 Å². The number of benzene rings is 1. The molecule has 1 fully saturated rings. The molecule has 30 heavy (non-hydrogen) atoms. The first-order valence-corrected chi connectivity index (χ1v) is 12.6. The van der Waals surface area contributed by atoms with E-state index in [1.54, 1.807) is 18.5 Å². The molecule has 0 aliphatic heterocycles. The van der Waals surface area contributed by atoms with Crippen molar-refractivity contribution in [3.05, 3.63) is 51.7 Å². The summed E-state index contributed by atoms with van der Waals surface area (Å²) in [5.74, 6) is 1.52. The summed E-state index contributed by atoms with van der Waals surface area (Å²) in [6, 6.07) is 5.91. The van der Waals surface area contributed by atoms with Gasteiger partial charge >= 0.3 is 0 Å². The molecule has 0 atom stereocenters. The monoisotopic (exact) mass is 427 g/mol. The normalized spacial score (nSPS) is 14.5. The maximum atomic E-state index is 12.2. The van der Waals surface area contributed by atoms with E-state index in [0.717, 1.165) is 65.8 Å². The molecule has 1 aliphatic rings. The molecule has 0 spiro atoms. The highest BCUT2D eigenvalue weighted by Gasteiger charge is 2.30. The van der Waals surface area contributed by atoms with Gasteiger partial charge in [0.15, 0.2) is 9.84 Å². The first-order chi connectivity index (χ1) is 14.2. The highest BCUT2D eigenvalue weighted by Crippen LogP contribution is 2.42. The predicted octanol–water partition coefficient (Wildman–Crippen LogP) is 3.93. The van der Waals surface area contributed by atoms with Crippen molar-refractivity contribution in [3.63, 3.8) is 0 Å². The number of aryl methyl sites for hydroxylation is 3. The standard InChI is InChI=1S/C23H29N3O3S/c1-5-6-9-26-20-12-17(18-10-15(2)23(27)25(3)13-18)11-19(14-30(4,28)29)21(20)24-22(26)16-7-8-16/h10-13,16H,5-9,14H2,1-4H3. The molecule has 2 aromatic heterocycles. The third-order valence-corrected chi connectivity index (χ3v) is 6.59. The number of sulfone groups is 1. The average Bonchev–Trinajstić information content (AvgIpc) is 3.44. The minimum absolute atomic E-state index is 0.0276.